The molecule has 1 atom stereocenters. The molecule has 0 fully saturated rings. The van der Waals surface area contributed by atoms with Gasteiger partial charge in [-0.25, -0.2) is 0 Å². The smallest absolute Gasteiger partial charge is 0.0302 e. The average molecular weight is 266 g/mol. The van der Waals surface area contributed by atoms with Crippen LogP contribution in [0.3, 0.4) is 0 Å². The summed E-state index contributed by atoms with van der Waals surface area (Å²) in [5, 5.41) is 7.15. The molecule has 1 heterocycles. The highest BCUT2D eigenvalue weighted by atomic mass is 32.1. The zero-order valence-corrected chi connectivity index (χ0v) is 12.9. The zero-order valence-electron chi connectivity index (χ0n) is 12.1. The highest BCUT2D eigenvalue weighted by Crippen LogP contribution is 2.30. The second kappa shape index (κ2) is 5.72. The van der Waals surface area contributed by atoms with Crippen LogP contribution in [0.2, 0.25) is 0 Å². The Bertz CT molecular complexity index is 368. The number of fused-ring (bicyclic) bond motifs is 1. The third-order valence-corrected chi connectivity index (χ3v) is 4.60. The highest BCUT2D eigenvalue weighted by molar-refractivity contribution is 7.12. The van der Waals surface area contributed by atoms with E-state index in [9.17, 15) is 0 Å². The van der Waals surface area contributed by atoms with Gasteiger partial charge in [0.2, 0.25) is 0 Å². The van der Waals surface area contributed by atoms with Crippen LogP contribution >= 0.6 is 11.3 Å². The number of nitrogens with one attached hydrogen (secondary N) is 2. The van der Waals surface area contributed by atoms with Crippen LogP contribution < -0.4 is 10.6 Å². The lowest BCUT2D eigenvalue weighted by atomic mass is 10.1. The van der Waals surface area contributed by atoms with Gasteiger partial charge in [-0.05, 0) is 58.6 Å². The minimum Gasteiger partial charge on any atom is -0.311 e. The Morgan fingerprint density at radius 1 is 1.33 bits per heavy atom. The van der Waals surface area contributed by atoms with Gasteiger partial charge in [0.1, 0.15) is 0 Å². The third-order valence-electron chi connectivity index (χ3n) is 3.36. The molecule has 0 saturated carbocycles. The van der Waals surface area contributed by atoms with E-state index in [1.54, 1.807) is 10.4 Å². The van der Waals surface area contributed by atoms with E-state index in [1.807, 2.05) is 11.3 Å². The summed E-state index contributed by atoms with van der Waals surface area (Å²) in [5.41, 5.74) is 1.82. The standard InChI is InChI=1S/C15H26N2S/c1-11(9-17-15(2,3)4)16-10-13-8-12-6-5-7-14(12)18-13/h8,11,16-17H,5-7,9-10H2,1-4H3. The number of thiophene rings is 1. The molecule has 0 aliphatic heterocycles. The average Bonchev–Trinajstić information content (AvgIpc) is 2.82. The first kappa shape index (κ1) is 14.0. The van der Waals surface area contributed by atoms with Gasteiger partial charge in [-0.1, -0.05) is 0 Å². The Labute approximate surface area is 115 Å². The summed E-state index contributed by atoms with van der Waals surface area (Å²) in [7, 11) is 0. The van der Waals surface area contributed by atoms with E-state index >= 15 is 0 Å². The van der Waals surface area contributed by atoms with Crippen LogP contribution in [0.5, 0.6) is 0 Å². The lowest BCUT2D eigenvalue weighted by molar-refractivity contribution is 0.388. The van der Waals surface area contributed by atoms with Crippen LogP contribution in [0.4, 0.5) is 0 Å². The molecule has 18 heavy (non-hydrogen) atoms. The molecule has 102 valence electrons. The normalized spacial score (nSPS) is 16.9. The second-order valence-electron chi connectivity index (χ2n) is 6.43. The molecular formula is C15H26N2S. The van der Waals surface area contributed by atoms with Crippen LogP contribution in [0.1, 0.15) is 49.4 Å². The number of hydrogen-bond donors (Lipinski definition) is 2. The van der Waals surface area contributed by atoms with E-state index in [2.05, 4.69) is 44.4 Å². The fourth-order valence-electron chi connectivity index (χ4n) is 2.28. The zero-order chi connectivity index (χ0) is 13.2. The molecule has 2 nitrogen and oxygen atoms in total. The topological polar surface area (TPSA) is 24.1 Å². The van der Waals surface area contributed by atoms with E-state index in [0.717, 1.165) is 13.1 Å². The summed E-state index contributed by atoms with van der Waals surface area (Å²) in [6, 6.07) is 2.92. The van der Waals surface area contributed by atoms with Gasteiger partial charge in [-0.3, -0.25) is 0 Å². The summed E-state index contributed by atoms with van der Waals surface area (Å²) < 4.78 is 0. The predicted octanol–water partition coefficient (Wildman–Crippen LogP) is 3.10. The molecule has 1 aromatic rings. The van der Waals surface area contributed by atoms with E-state index < -0.39 is 0 Å². The van der Waals surface area contributed by atoms with Gasteiger partial charge in [0.25, 0.3) is 0 Å². The van der Waals surface area contributed by atoms with Crippen molar-refractivity contribution < 1.29 is 0 Å². The first-order valence-electron chi connectivity index (χ1n) is 7.03. The first-order valence-corrected chi connectivity index (χ1v) is 7.84. The Morgan fingerprint density at radius 3 is 2.78 bits per heavy atom. The largest absolute Gasteiger partial charge is 0.311 e. The molecule has 0 radical (unpaired) electrons. The maximum Gasteiger partial charge on any atom is 0.0302 e. The number of hydrogen-bond acceptors (Lipinski definition) is 3. The molecule has 1 unspecified atom stereocenters. The van der Waals surface area contributed by atoms with Gasteiger partial charge in [0.05, 0.1) is 0 Å². The van der Waals surface area contributed by atoms with E-state index in [-0.39, 0.29) is 5.54 Å². The van der Waals surface area contributed by atoms with Crippen molar-refractivity contribution in [3.8, 4) is 0 Å². The molecule has 0 saturated heterocycles. The molecule has 1 aromatic heterocycles. The Hall–Kier alpha value is -0.380. The van der Waals surface area contributed by atoms with Gasteiger partial charge in [0, 0.05) is 34.4 Å². The molecule has 0 aromatic carbocycles. The van der Waals surface area contributed by atoms with Crippen molar-refractivity contribution in [2.24, 2.45) is 0 Å². The van der Waals surface area contributed by atoms with Crippen LogP contribution in [-0.4, -0.2) is 18.1 Å². The van der Waals surface area contributed by atoms with Crippen LogP contribution in [-0.2, 0) is 19.4 Å². The Kier molecular flexibility index (Phi) is 4.46. The van der Waals surface area contributed by atoms with Crippen LogP contribution in [0, 0.1) is 0 Å². The summed E-state index contributed by atoms with van der Waals surface area (Å²) in [6.45, 7) is 10.9. The number of rotatable bonds is 5. The SMILES string of the molecule is CC(CNC(C)(C)C)NCc1cc2c(s1)CCC2. The van der Waals surface area contributed by atoms with Gasteiger partial charge >= 0.3 is 0 Å². The van der Waals surface area contributed by atoms with Crippen molar-refractivity contribution in [2.45, 2.75) is 65.1 Å². The Morgan fingerprint density at radius 2 is 2.11 bits per heavy atom. The van der Waals surface area contributed by atoms with E-state index in [1.165, 1.54) is 24.1 Å². The fourth-order valence-corrected chi connectivity index (χ4v) is 3.50. The first-order chi connectivity index (χ1) is 8.44. The molecule has 3 heteroatoms. The molecule has 2 N–H and O–H groups in total. The molecule has 2 rings (SSSR count). The fraction of sp³-hybridized carbons (Fsp3) is 0.733. The maximum atomic E-state index is 3.61. The van der Waals surface area contributed by atoms with Crippen LogP contribution in [0.25, 0.3) is 0 Å². The molecule has 0 amide bonds. The second-order valence-corrected chi connectivity index (χ2v) is 7.65. The van der Waals surface area contributed by atoms with Crippen molar-refractivity contribution in [1.29, 1.82) is 0 Å². The Balaban J connectivity index is 1.73. The van der Waals surface area contributed by atoms with Crippen molar-refractivity contribution >= 4 is 11.3 Å². The van der Waals surface area contributed by atoms with Gasteiger partial charge in [0.15, 0.2) is 0 Å². The molecule has 1 aliphatic rings. The van der Waals surface area contributed by atoms with Gasteiger partial charge in [-0.15, -0.1) is 11.3 Å². The predicted molar refractivity (Wildman–Crippen MR) is 80.4 cm³/mol. The van der Waals surface area contributed by atoms with Crippen molar-refractivity contribution in [3.05, 3.63) is 21.4 Å². The van der Waals surface area contributed by atoms with Gasteiger partial charge < -0.3 is 10.6 Å². The summed E-state index contributed by atoms with van der Waals surface area (Å²) in [6.07, 6.45) is 3.97. The molecule has 0 spiro atoms. The van der Waals surface area contributed by atoms with Crippen molar-refractivity contribution in [1.82, 2.24) is 10.6 Å². The lowest BCUT2D eigenvalue weighted by Crippen LogP contribution is -2.44. The van der Waals surface area contributed by atoms with E-state index in [4.69, 9.17) is 0 Å². The maximum absolute atomic E-state index is 3.61. The summed E-state index contributed by atoms with van der Waals surface area (Å²) in [4.78, 5) is 3.13. The lowest BCUT2D eigenvalue weighted by Gasteiger charge is -2.23. The summed E-state index contributed by atoms with van der Waals surface area (Å²) >= 11 is 2.00. The van der Waals surface area contributed by atoms with Crippen molar-refractivity contribution in [3.63, 3.8) is 0 Å². The molecule has 1 aliphatic carbocycles. The monoisotopic (exact) mass is 266 g/mol. The van der Waals surface area contributed by atoms with Crippen LogP contribution in [0.15, 0.2) is 6.07 Å². The third kappa shape index (κ3) is 4.08. The minimum absolute atomic E-state index is 0.208. The highest BCUT2D eigenvalue weighted by Gasteiger charge is 2.15. The molecular weight excluding hydrogens is 240 g/mol. The summed E-state index contributed by atoms with van der Waals surface area (Å²) in [5.74, 6) is 0. The quantitative estimate of drug-likeness (QED) is 0.856. The van der Waals surface area contributed by atoms with Gasteiger partial charge in [-0.2, -0.15) is 0 Å². The molecule has 0 bridgehead atoms. The number of aryl methyl sites for hydroxylation is 2. The van der Waals surface area contributed by atoms with Crippen molar-refractivity contribution in [2.75, 3.05) is 6.54 Å². The van der Waals surface area contributed by atoms with E-state index in [0.29, 0.717) is 6.04 Å². The minimum atomic E-state index is 0.208.